The molecule has 0 fully saturated rings. The van der Waals surface area contributed by atoms with Crippen molar-refractivity contribution in [1.29, 1.82) is 0 Å². The number of furan rings is 1. The van der Waals surface area contributed by atoms with Gasteiger partial charge in [-0.2, -0.15) is 0 Å². The lowest BCUT2D eigenvalue weighted by Crippen LogP contribution is -2.08. The van der Waals surface area contributed by atoms with Crippen LogP contribution >= 0.6 is 0 Å². The zero-order chi connectivity index (χ0) is 19.2. The van der Waals surface area contributed by atoms with E-state index in [4.69, 9.17) is 14.1 Å². The summed E-state index contributed by atoms with van der Waals surface area (Å²) in [5.74, 6) is 2.12. The minimum atomic E-state index is 0.567. The molecule has 6 heteroatoms. The van der Waals surface area contributed by atoms with Crippen molar-refractivity contribution < 1.29 is 9.15 Å². The number of hydrogen-bond acceptors (Lipinski definition) is 6. The van der Waals surface area contributed by atoms with Crippen molar-refractivity contribution in [1.82, 2.24) is 15.0 Å². The van der Waals surface area contributed by atoms with Crippen LogP contribution < -0.4 is 10.1 Å². The van der Waals surface area contributed by atoms with Gasteiger partial charge in [-0.3, -0.25) is 4.98 Å². The van der Waals surface area contributed by atoms with Crippen molar-refractivity contribution in [2.75, 3.05) is 19.0 Å². The number of benzene rings is 1. The number of rotatable bonds is 7. The molecule has 0 aliphatic heterocycles. The molecule has 1 N–H and O–H groups in total. The number of ether oxygens (including phenoxy) is 1. The first-order valence-electron chi connectivity index (χ1n) is 9.01. The molecule has 0 aliphatic carbocycles. The molecule has 28 heavy (non-hydrogen) atoms. The van der Waals surface area contributed by atoms with E-state index in [2.05, 4.69) is 27.4 Å². The molecule has 0 atom stereocenters. The first-order chi connectivity index (χ1) is 13.8. The van der Waals surface area contributed by atoms with Crippen LogP contribution in [0.25, 0.3) is 22.6 Å². The van der Waals surface area contributed by atoms with Gasteiger partial charge in [0.05, 0.1) is 13.4 Å². The fourth-order valence-corrected chi connectivity index (χ4v) is 2.92. The maximum atomic E-state index is 5.59. The van der Waals surface area contributed by atoms with Crippen LogP contribution in [-0.4, -0.2) is 28.6 Å². The molecule has 3 heterocycles. The Morgan fingerprint density at radius 2 is 1.86 bits per heavy atom. The van der Waals surface area contributed by atoms with Crippen LogP contribution in [0.5, 0.6) is 5.75 Å². The van der Waals surface area contributed by atoms with Gasteiger partial charge in [0.15, 0.2) is 5.76 Å². The van der Waals surface area contributed by atoms with Crippen LogP contribution in [0.4, 0.5) is 5.95 Å². The zero-order valence-electron chi connectivity index (χ0n) is 15.5. The predicted octanol–water partition coefficient (Wildman–Crippen LogP) is 4.46. The van der Waals surface area contributed by atoms with Crippen LogP contribution in [-0.2, 0) is 6.42 Å². The van der Waals surface area contributed by atoms with Crippen molar-refractivity contribution in [3.63, 3.8) is 0 Å². The number of nitrogens with zero attached hydrogens (tertiary/aromatic N) is 3. The van der Waals surface area contributed by atoms with E-state index in [9.17, 15) is 0 Å². The van der Waals surface area contributed by atoms with Gasteiger partial charge in [-0.05, 0) is 53.9 Å². The van der Waals surface area contributed by atoms with Crippen molar-refractivity contribution in [3.05, 3.63) is 78.9 Å². The standard InChI is InChI=1S/C22H20N4O2/c1-27-18-6-4-16(5-7-18)8-13-24-22-25-15-19(17-9-11-23-12-10-17)21(26-22)20-3-2-14-28-20/h2-7,9-12,14-15H,8,13H2,1H3,(H,24,25,26). The number of pyridine rings is 1. The number of nitrogens with one attached hydrogen (secondary N) is 1. The summed E-state index contributed by atoms with van der Waals surface area (Å²) < 4.78 is 10.8. The second-order valence-electron chi connectivity index (χ2n) is 6.19. The highest BCUT2D eigenvalue weighted by atomic mass is 16.5. The van der Waals surface area contributed by atoms with Gasteiger partial charge in [0.2, 0.25) is 5.95 Å². The normalized spacial score (nSPS) is 10.6. The van der Waals surface area contributed by atoms with Gasteiger partial charge >= 0.3 is 0 Å². The highest BCUT2D eigenvalue weighted by molar-refractivity contribution is 5.78. The SMILES string of the molecule is COc1ccc(CCNc2ncc(-c3ccncc3)c(-c3ccco3)n2)cc1. The molecule has 6 nitrogen and oxygen atoms in total. The Morgan fingerprint density at radius 1 is 1.04 bits per heavy atom. The van der Waals surface area contributed by atoms with Crippen molar-refractivity contribution >= 4 is 5.95 Å². The Kier molecular flexibility index (Phi) is 5.29. The van der Waals surface area contributed by atoms with Gasteiger partial charge in [0.25, 0.3) is 0 Å². The summed E-state index contributed by atoms with van der Waals surface area (Å²) in [6.45, 7) is 0.721. The Labute approximate surface area is 163 Å². The minimum Gasteiger partial charge on any atom is -0.497 e. The summed E-state index contributed by atoms with van der Waals surface area (Å²) in [7, 11) is 1.67. The quantitative estimate of drug-likeness (QED) is 0.516. The average Bonchev–Trinajstić information content (AvgIpc) is 3.30. The number of aromatic nitrogens is 3. The van der Waals surface area contributed by atoms with E-state index in [-0.39, 0.29) is 0 Å². The summed E-state index contributed by atoms with van der Waals surface area (Å²) in [5, 5.41) is 3.30. The Hall–Kier alpha value is -3.67. The van der Waals surface area contributed by atoms with Crippen molar-refractivity contribution in [2.45, 2.75) is 6.42 Å². The molecule has 0 unspecified atom stereocenters. The monoisotopic (exact) mass is 372 g/mol. The third-order valence-corrected chi connectivity index (χ3v) is 4.39. The van der Waals surface area contributed by atoms with Gasteiger partial charge in [-0.15, -0.1) is 0 Å². The van der Waals surface area contributed by atoms with Gasteiger partial charge < -0.3 is 14.5 Å². The molecule has 0 amide bonds. The maximum Gasteiger partial charge on any atom is 0.223 e. The van der Waals surface area contributed by atoms with Gasteiger partial charge in [0, 0.05) is 30.7 Å². The average molecular weight is 372 g/mol. The summed E-state index contributed by atoms with van der Waals surface area (Å²) in [5.41, 5.74) is 3.86. The van der Waals surface area contributed by atoms with Crippen molar-refractivity contribution in [3.8, 4) is 28.3 Å². The molecule has 0 saturated carbocycles. The molecule has 0 aliphatic rings. The summed E-state index contributed by atoms with van der Waals surface area (Å²) in [4.78, 5) is 13.3. The molecule has 140 valence electrons. The number of anilines is 1. The molecule has 4 rings (SSSR count). The van der Waals surface area contributed by atoms with Gasteiger partial charge in [-0.25, -0.2) is 9.97 Å². The van der Waals surface area contributed by atoms with E-state index < -0.39 is 0 Å². The largest absolute Gasteiger partial charge is 0.497 e. The molecule has 0 saturated heterocycles. The molecule has 0 spiro atoms. The summed E-state index contributed by atoms with van der Waals surface area (Å²) in [6, 6.07) is 15.7. The first kappa shape index (κ1) is 17.7. The van der Waals surface area contributed by atoms with Crippen LogP contribution in [0.1, 0.15) is 5.56 Å². The topological polar surface area (TPSA) is 73.1 Å². The zero-order valence-corrected chi connectivity index (χ0v) is 15.5. The van der Waals surface area contributed by atoms with E-state index in [1.54, 1.807) is 25.8 Å². The second-order valence-corrected chi connectivity index (χ2v) is 6.19. The lowest BCUT2D eigenvalue weighted by molar-refractivity contribution is 0.414. The van der Waals surface area contributed by atoms with Gasteiger partial charge in [0.1, 0.15) is 11.4 Å². The van der Waals surface area contributed by atoms with E-state index >= 15 is 0 Å². The predicted molar refractivity (Wildman–Crippen MR) is 108 cm³/mol. The van der Waals surface area contributed by atoms with Gasteiger partial charge in [-0.1, -0.05) is 12.1 Å². The smallest absolute Gasteiger partial charge is 0.223 e. The molecule has 0 radical (unpaired) electrons. The Bertz CT molecular complexity index is 1020. The summed E-state index contributed by atoms with van der Waals surface area (Å²) >= 11 is 0. The Balaban J connectivity index is 1.52. The van der Waals surface area contributed by atoms with Crippen LogP contribution in [0.2, 0.25) is 0 Å². The molecular weight excluding hydrogens is 352 g/mol. The first-order valence-corrected chi connectivity index (χ1v) is 9.01. The molecule has 3 aromatic heterocycles. The molecule has 4 aromatic rings. The minimum absolute atomic E-state index is 0.567. The second kappa shape index (κ2) is 8.35. The number of hydrogen-bond donors (Lipinski definition) is 1. The van der Waals surface area contributed by atoms with Crippen LogP contribution in [0, 0.1) is 0 Å². The molecule has 1 aromatic carbocycles. The summed E-state index contributed by atoms with van der Waals surface area (Å²) in [6.07, 6.45) is 7.82. The van der Waals surface area contributed by atoms with E-state index in [1.807, 2.05) is 42.6 Å². The lowest BCUT2D eigenvalue weighted by Gasteiger charge is -2.10. The van der Waals surface area contributed by atoms with Crippen LogP contribution in [0.3, 0.4) is 0 Å². The van der Waals surface area contributed by atoms with Crippen LogP contribution in [0.15, 0.2) is 77.8 Å². The van der Waals surface area contributed by atoms with E-state index in [1.165, 1.54) is 5.56 Å². The number of methoxy groups -OCH3 is 1. The van der Waals surface area contributed by atoms with E-state index in [0.717, 1.165) is 35.5 Å². The third-order valence-electron chi connectivity index (χ3n) is 4.39. The lowest BCUT2D eigenvalue weighted by atomic mass is 10.1. The molecule has 0 bridgehead atoms. The highest BCUT2D eigenvalue weighted by Crippen LogP contribution is 2.30. The Morgan fingerprint density at radius 3 is 2.57 bits per heavy atom. The maximum absolute atomic E-state index is 5.59. The third kappa shape index (κ3) is 4.01. The highest BCUT2D eigenvalue weighted by Gasteiger charge is 2.13. The van der Waals surface area contributed by atoms with E-state index in [0.29, 0.717) is 11.7 Å². The van der Waals surface area contributed by atoms with Crippen molar-refractivity contribution in [2.24, 2.45) is 0 Å². The molecular formula is C22H20N4O2. The fourth-order valence-electron chi connectivity index (χ4n) is 2.92. The fraction of sp³-hybridized carbons (Fsp3) is 0.136.